The molecule has 0 spiro atoms. The molecule has 6 rings (SSSR count). The molecule has 13 heteroatoms. The number of hydrogen-bond donors (Lipinski definition) is 2. The molecule has 1 saturated heterocycles. The summed E-state index contributed by atoms with van der Waals surface area (Å²) in [4.78, 5) is 24.2. The lowest BCUT2D eigenvalue weighted by Crippen LogP contribution is -2.31. The van der Waals surface area contributed by atoms with E-state index in [4.69, 9.17) is 0 Å². The number of nitrogens with zero attached hydrogens (tertiary/aromatic N) is 7. The van der Waals surface area contributed by atoms with E-state index < -0.39 is 17.6 Å². The molecule has 5 aromatic rings. The summed E-state index contributed by atoms with van der Waals surface area (Å²) in [5.41, 5.74) is 4.27. The van der Waals surface area contributed by atoms with Gasteiger partial charge in [0.25, 0.3) is 5.91 Å². The first-order valence-corrected chi connectivity index (χ1v) is 17.3. The maximum atomic E-state index is 14.2. The molecule has 1 atom stereocenters. The summed E-state index contributed by atoms with van der Waals surface area (Å²) < 4.78 is 46.3. The summed E-state index contributed by atoms with van der Waals surface area (Å²) in [6.45, 7) is 5.33. The monoisotopic (exact) mass is 711 g/mol. The smallest absolute Gasteiger partial charge is 0.350 e. The third kappa shape index (κ3) is 8.82. The van der Waals surface area contributed by atoms with Crippen molar-refractivity contribution in [2.75, 3.05) is 58.5 Å². The summed E-state index contributed by atoms with van der Waals surface area (Å²) in [5, 5.41) is 10.5. The Morgan fingerprint density at radius 1 is 1.04 bits per heavy atom. The zero-order valence-corrected chi connectivity index (χ0v) is 30.1. The number of benzene rings is 2. The standard InChI is InChI=1S/C39H44F3N9O/c1-27-9-10-29(38(52)46-31-13-11-30(35(21-31)39(40,41)42)24-49-19-15-34(26-49)48(4)5)20-28(27)12-14-33-23-43-37-36(8-6-18-51(33)37)45-32-22-44-50(25-32)17-7-16-47(2)3/h6,8-11,13,18,20-23,25,34,45H,7,15-17,19,24,26H2,1-5H3,(H,46,52). The van der Waals surface area contributed by atoms with E-state index in [0.29, 0.717) is 29.5 Å². The Morgan fingerprint density at radius 2 is 1.87 bits per heavy atom. The number of carbonyl (C=O) groups is 1. The van der Waals surface area contributed by atoms with E-state index in [1.807, 2.05) is 59.5 Å². The van der Waals surface area contributed by atoms with Crippen molar-refractivity contribution in [3.8, 4) is 11.8 Å². The van der Waals surface area contributed by atoms with Gasteiger partial charge >= 0.3 is 6.18 Å². The van der Waals surface area contributed by atoms with E-state index in [1.165, 1.54) is 12.1 Å². The number of aromatic nitrogens is 4. The number of aryl methyl sites for hydroxylation is 2. The number of halogens is 3. The number of nitrogens with one attached hydrogen (secondary N) is 2. The summed E-state index contributed by atoms with van der Waals surface area (Å²) >= 11 is 0. The molecule has 2 aromatic carbocycles. The maximum Gasteiger partial charge on any atom is 0.416 e. The summed E-state index contributed by atoms with van der Waals surface area (Å²) in [7, 11) is 8.07. The van der Waals surface area contributed by atoms with Crippen LogP contribution in [0, 0.1) is 18.8 Å². The van der Waals surface area contributed by atoms with E-state index in [0.717, 1.165) is 55.5 Å². The second kappa shape index (κ2) is 15.6. The van der Waals surface area contributed by atoms with Crippen LogP contribution in [0.3, 0.4) is 0 Å². The van der Waals surface area contributed by atoms with Gasteiger partial charge in [0.05, 0.1) is 29.3 Å². The van der Waals surface area contributed by atoms with Crippen molar-refractivity contribution in [3.63, 3.8) is 0 Å². The van der Waals surface area contributed by atoms with Gasteiger partial charge in [0.1, 0.15) is 5.69 Å². The van der Waals surface area contributed by atoms with Gasteiger partial charge in [0.15, 0.2) is 5.65 Å². The first-order valence-electron chi connectivity index (χ1n) is 17.3. The molecule has 0 saturated carbocycles. The molecule has 1 fully saturated rings. The number of anilines is 3. The number of likely N-dealkylation sites (tertiary alicyclic amines) is 1. The van der Waals surface area contributed by atoms with Crippen LogP contribution in [0.5, 0.6) is 0 Å². The molecule has 2 N–H and O–H groups in total. The molecular weight excluding hydrogens is 667 g/mol. The van der Waals surface area contributed by atoms with E-state index in [-0.39, 0.29) is 23.4 Å². The Morgan fingerprint density at radius 3 is 2.62 bits per heavy atom. The maximum absolute atomic E-state index is 14.2. The van der Waals surface area contributed by atoms with Gasteiger partial charge in [-0.25, -0.2) is 4.98 Å². The quantitative estimate of drug-likeness (QED) is 0.155. The minimum atomic E-state index is -4.56. The van der Waals surface area contributed by atoms with Gasteiger partial charge in [-0.1, -0.05) is 18.1 Å². The van der Waals surface area contributed by atoms with E-state index >= 15 is 0 Å². The molecule has 0 aliphatic carbocycles. The number of imidazole rings is 1. The fourth-order valence-corrected chi connectivity index (χ4v) is 6.36. The molecule has 0 bridgehead atoms. The first kappa shape index (κ1) is 36.6. The summed E-state index contributed by atoms with van der Waals surface area (Å²) in [6.07, 6.45) is 4.67. The Kier molecular flexibility index (Phi) is 11.0. The number of likely N-dealkylation sites (N-methyl/N-ethyl adjacent to an activating group) is 1. The first-order chi connectivity index (χ1) is 24.8. The molecule has 1 amide bonds. The second-order valence-electron chi connectivity index (χ2n) is 13.8. The highest BCUT2D eigenvalue weighted by molar-refractivity contribution is 6.04. The van der Waals surface area contributed by atoms with Crippen molar-refractivity contribution in [2.24, 2.45) is 0 Å². The number of amides is 1. The highest BCUT2D eigenvalue weighted by atomic mass is 19.4. The van der Waals surface area contributed by atoms with Gasteiger partial charge in [-0.2, -0.15) is 18.3 Å². The molecule has 3 aromatic heterocycles. The molecule has 0 radical (unpaired) electrons. The van der Waals surface area contributed by atoms with Crippen molar-refractivity contribution in [1.82, 2.24) is 33.9 Å². The Labute approximate surface area is 302 Å². The average Bonchev–Trinajstić information content (AvgIpc) is 3.85. The number of carbonyl (C=O) groups excluding carboxylic acids is 1. The average molecular weight is 712 g/mol. The third-order valence-corrected chi connectivity index (χ3v) is 9.31. The largest absolute Gasteiger partial charge is 0.416 e. The van der Waals surface area contributed by atoms with Crippen LogP contribution in [0.25, 0.3) is 5.65 Å². The number of rotatable bonds is 11. The molecular formula is C39H44F3N9O. The highest BCUT2D eigenvalue weighted by Crippen LogP contribution is 2.35. The molecule has 1 aliphatic heterocycles. The fraction of sp³-hybridized carbons (Fsp3) is 0.359. The number of fused-ring (bicyclic) bond motifs is 1. The fourth-order valence-electron chi connectivity index (χ4n) is 6.36. The van der Waals surface area contributed by atoms with Crippen LogP contribution in [0.15, 0.2) is 73.3 Å². The lowest BCUT2D eigenvalue weighted by Gasteiger charge is -2.22. The van der Waals surface area contributed by atoms with Gasteiger partial charge in [-0.3, -0.25) is 18.8 Å². The highest BCUT2D eigenvalue weighted by Gasteiger charge is 2.35. The van der Waals surface area contributed by atoms with E-state index in [9.17, 15) is 18.0 Å². The van der Waals surface area contributed by atoms with Crippen LogP contribution in [-0.4, -0.2) is 93.6 Å². The molecule has 10 nitrogen and oxygen atoms in total. The SMILES string of the molecule is Cc1ccc(C(=O)Nc2ccc(CN3CCC(N(C)C)C3)c(C(F)(F)F)c2)cc1C#Cc1cnc2c(Nc3cnn(CCCN(C)C)c3)cccn12. The molecule has 52 heavy (non-hydrogen) atoms. The number of hydrogen-bond acceptors (Lipinski definition) is 7. The van der Waals surface area contributed by atoms with Gasteiger partial charge < -0.3 is 20.4 Å². The van der Waals surface area contributed by atoms with Crippen LogP contribution < -0.4 is 10.6 Å². The predicted molar refractivity (Wildman–Crippen MR) is 198 cm³/mol. The normalized spacial score (nSPS) is 15.0. The Balaban J connectivity index is 1.15. The van der Waals surface area contributed by atoms with E-state index in [1.54, 1.807) is 30.6 Å². The van der Waals surface area contributed by atoms with Crippen LogP contribution in [0.2, 0.25) is 0 Å². The zero-order valence-electron chi connectivity index (χ0n) is 30.1. The van der Waals surface area contributed by atoms with Gasteiger partial charge in [-0.15, -0.1) is 0 Å². The number of alkyl halides is 3. The van der Waals surface area contributed by atoms with Crippen molar-refractivity contribution in [3.05, 3.63) is 107 Å². The Hall–Kier alpha value is -5.16. The predicted octanol–water partition coefficient (Wildman–Crippen LogP) is 6.34. The topological polar surface area (TPSA) is 86.0 Å². The second-order valence-corrected chi connectivity index (χ2v) is 13.8. The summed E-state index contributed by atoms with van der Waals surface area (Å²) in [5.74, 6) is 5.81. The lowest BCUT2D eigenvalue weighted by molar-refractivity contribution is -0.138. The Bertz CT molecular complexity index is 2110. The van der Waals surface area contributed by atoms with Crippen LogP contribution in [0.4, 0.5) is 30.2 Å². The van der Waals surface area contributed by atoms with E-state index in [2.05, 4.69) is 56.5 Å². The zero-order chi connectivity index (χ0) is 37.0. The van der Waals surface area contributed by atoms with Gasteiger partial charge in [-0.05, 0) is 108 Å². The van der Waals surface area contributed by atoms with Gasteiger partial charge in [0.2, 0.25) is 0 Å². The van der Waals surface area contributed by atoms with Crippen LogP contribution in [0.1, 0.15) is 51.1 Å². The third-order valence-electron chi connectivity index (χ3n) is 9.31. The van der Waals surface area contributed by atoms with Crippen molar-refractivity contribution in [2.45, 2.75) is 45.1 Å². The minimum absolute atomic E-state index is 0.0775. The number of pyridine rings is 1. The van der Waals surface area contributed by atoms with Crippen LogP contribution in [-0.2, 0) is 19.3 Å². The minimum Gasteiger partial charge on any atom is -0.350 e. The lowest BCUT2D eigenvalue weighted by atomic mass is 10.0. The van der Waals surface area contributed by atoms with Gasteiger partial charge in [0, 0.05) is 61.4 Å². The molecule has 1 unspecified atom stereocenters. The molecule has 272 valence electrons. The summed E-state index contributed by atoms with van der Waals surface area (Å²) in [6, 6.07) is 13.2. The van der Waals surface area contributed by atoms with Crippen LogP contribution >= 0.6 is 0 Å². The van der Waals surface area contributed by atoms with Crippen molar-refractivity contribution < 1.29 is 18.0 Å². The van der Waals surface area contributed by atoms with Crippen molar-refractivity contribution >= 4 is 28.6 Å². The molecule has 1 aliphatic rings. The van der Waals surface area contributed by atoms with Crippen molar-refractivity contribution in [1.29, 1.82) is 0 Å². The molecule has 4 heterocycles.